The van der Waals surface area contributed by atoms with Crippen LogP contribution >= 0.6 is 15.9 Å². The molecule has 0 saturated carbocycles. The van der Waals surface area contributed by atoms with Crippen molar-refractivity contribution in [2.45, 2.75) is 26.8 Å². The number of fused-ring (bicyclic) bond motifs is 1. The number of aromatic nitrogens is 1. The molecule has 0 aliphatic rings. The van der Waals surface area contributed by atoms with E-state index in [4.69, 9.17) is 5.73 Å². The molecule has 0 aliphatic heterocycles. The van der Waals surface area contributed by atoms with E-state index >= 15 is 0 Å². The van der Waals surface area contributed by atoms with E-state index in [0.717, 1.165) is 17.4 Å². The molecule has 0 atom stereocenters. The summed E-state index contributed by atoms with van der Waals surface area (Å²) in [4.78, 5) is 0. The van der Waals surface area contributed by atoms with Crippen LogP contribution in [0.3, 0.4) is 0 Å². The molecule has 0 amide bonds. The van der Waals surface area contributed by atoms with Crippen LogP contribution in [-0.2, 0) is 13.0 Å². The van der Waals surface area contributed by atoms with E-state index < -0.39 is 0 Å². The summed E-state index contributed by atoms with van der Waals surface area (Å²) >= 11 is 3.54. The number of hydrogen-bond donors (Lipinski definition) is 1. The summed E-state index contributed by atoms with van der Waals surface area (Å²) in [5.74, 6) is 0.648. The smallest absolute Gasteiger partial charge is 0.0494 e. The van der Waals surface area contributed by atoms with Gasteiger partial charge in [-0.25, -0.2) is 0 Å². The number of nitrogens with zero attached hydrogens (tertiary/aromatic N) is 1. The average molecular weight is 295 g/mol. The molecule has 0 radical (unpaired) electrons. The van der Waals surface area contributed by atoms with Crippen LogP contribution in [0.25, 0.3) is 10.9 Å². The first-order valence-electron chi connectivity index (χ1n) is 6.09. The molecule has 3 heteroatoms. The maximum Gasteiger partial charge on any atom is 0.0494 e. The van der Waals surface area contributed by atoms with Gasteiger partial charge in [0.15, 0.2) is 0 Å². The molecule has 0 saturated heterocycles. The predicted octanol–water partition coefficient (Wildman–Crippen LogP) is 3.56. The van der Waals surface area contributed by atoms with Gasteiger partial charge in [0.25, 0.3) is 0 Å². The fourth-order valence-corrected chi connectivity index (χ4v) is 2.59. The largest absolute Gasteiger partial charge is 0.347 e. The zero-order chi connectivity index (χ0) is 12.4. The Hall–Kier alpha value is -0.800. The second kappa shape index (κ2) is 5.23. The van der Waals surface area contributed by atoms with Crippen LogP contribution in [0.2, 0.25) is 0 Å². The molecule has 2 nitrogen and oxygen atoms in total. The van der Waals surface area contributed by atoms with Gasteiger partial charge in [-0.15, -0.1) is 0 Å². The molecule has 0 bridgehead atoms. The van der Waals surface area contributed by atoms with Crippen molar-refractivity contribution in [2.75, 3.05) is 6.54 Å². The summed E-state index contributed by atoms with van der Waals surface area (Å²) in [6.45, 7) is 6.24. The number of rotatable bonds is 4. The number of benzene rings is 1. The molecule has 0 spiro atoms. The summed E-state index contributed by atoms with van der Waals surface area (Å²) in [7, 11) is 0. The standard InChI is InChI=1S/C14H19BrN2/c1-10(2)8-17-9-11(5-6-16)13-4-3-12(15)7-14(13)17/h3-4,7,9-10H,5-6,8,16H2,1-2H3. The molecule has 2 aromatic rings. The van der Waals surface area contributed by atoms with Crippen molar-refractivity contribution in [1.82, 2.24) is 4.57 Å². The predicted molar refractivity (Wildman–Crippen MR) is 77.2 cm³/mol. The van der Waals surface area contributed by atoms with E-state index in [1.807, 2.05) is 0 Å². The zero-order valence-corrected chi connectivity index (χ0v) is 12.0. The molecular formula is C14H19BrN2. The fourth-order valence-electron chi connectivity index (χ4n) is 2.24. The van der Waals surface area contributed by atoms with Gasteiger partial charge in [-0.05, 0) is 36.6 Å². The van der Waals surface area contributed by atoms with Gasteiger partial charge in [-0.3, -0.25) is 0 Å². The maximum atomic E-state index is 5.67. The fraction of sp³-hybridized carbons (Fsp3) is 0.429. The Labute approximate surface area is 111 Å². The first kappa shape index (κ1) is 12.7. The summed E-state index contributed by atoms with van der Waals surface area (Å²) < 4.78 is 3.47. The summed E-state index contributed by atoms with van der Waals surface area (Å²) in [5, 5.41) is 1.33. The lowest BCUT2D eigenvalue weighted by atomic mass is 10.1. The van der Waals surface area contributed by atoms with Crippen molar-refractivity contribution in [1.29, 1.82) is 0 Å². The minimum atomic E-state index is 0.648. The first-order chi connectivity index (χ1) is 8.11. The van der Waals surface area contributed by atoms with Gasteiger partial charge in [-0.2, -0.15) is 0 Å². The molecule has 1 aromatic carbocycles. The third-order valence-corrected chi connectivity index (χ3v) is 3.40. The Kier molecular flexibility index (Phi) is 3.89. The van der Waals surface area contributed by atoms with Crippen molar-refractivity contribution in [3.63, 3.8) is 0 Å². The normalized spacial score (nSPS) is 11.6. The Balaban J connectivity index is 2.54. The molecule has 17 heavy (non-hydrogen) atoms. The van der Waals surface area contributed by atoms with Crippen molar-refractivity contribution in [3.05, 3.63) is 34.4 Å². The Bertz CT molecular complexity index is 514. The molecule has 0 fully saturated rings. The van der Waals surface area contributed by atoms with Crippen LogP contribution in [0.15, 0.2) is 28.9 Å². The summed E-state index contributed by atoms with van der Waals surface area (Å²) in [6, 6.07) is 6.47. The van der Waals surface area contributed by atoms with Crippen LogP contribution < -0.4 is 5.73 Å². The molecule has 1 aromatic heterocycles. The van der Waals surface area contributed by atoms with Crippen LogP contribution in [0, 0.1) is 5.92 Å². The molecule has 2 rings (SSSR count). The van der Waals surface area contributed by atoms with Gasteiger partial charge in [0.2, 0.25) is 0 Å². The lowest BCUT2D eigenvalue weighted by Gasteiger charge is -2.08. The van der Waals surface area contributed by atoms with Crippen LogP contribution in [0.1, 0.15) is 19.4 Å². The first-order valence-corrected chi connectivity index (χ1v) is 6.88. The summed E-state index contributed by atoms with van der Waals surface area (Å²) in [5.41, 5.74) is 8.33. The van der Waals surface area contributed by atoms with Crippen molar-refractivity contribution in [2.24, 2.45) is 11.7 Å². The van der Waals surface area contributed by atoms with Crippen LogP contribution in [0.5, 0.6) is 0 Å². The average Bonchev–Trinajstić information content (AvgIpc) is 2.56. The van der Waals surface area contributed by atoms with E-state index in [1.54, 1.807) is 0 Å². The Morgan fingerprint density at radius 3 is 2.76 bits per heavy atom. The molecule has 92 valence electrons. The number of hydrogen-bond acceptors (Lipinski definition) is 1. The highest BCUT2D eigenvalue weighted by Gasteiger charge is 2.09. The second-order valence-electron chi connectivity index (χ2n) is 4.90. The van der Waals surface area contributed by atoms with Crippen molar-refractivity contribution < 1.29 is 0 Å². The van der Waals surface area contributed by atoms with Crippen LogP contribution in [0.4, 0.5) is 0 Å². The van der Waals surface area contributed by atoms with E-state index in [2.05, 4.69) is 58.7 Å². The van der Waals surface area contributed by atoms with Crippen molar-refractivity contribution in [3.8, 4) is 0 Å². The third kappa shape index (κ3) is 2.72. The molecular weight excluding hydrogens is 276 g/mol. The zero-order valence-electron chi connectivity index (χ0n) is 10.4. The van der Waals surface area contributed by atoms with E-state index in [1.165, 1.54) is 16.5 Å². The van der Waals surface area contributed by atoms with Gasteiger partial charge in [0.1, 0.15) is 0 Å². The quantitative estimate of drug-likeness (QED) is 0.918. The number of nitrogens with two attached hydrogens (primary N) is 1. The van der Waals surface area contributed by atoms with Gasteiger partial charge in [-0.1, -0.05) is 35.8 Å². The minimum absolute atomic E-state index is 0.648. The topological polar surface area (TPSA) is 30.9 Å². The number of halogens is 1. The second-order valence-corrected chi connectivity index (χ2v) is 5.82. The van der Waals surface area contributed by atoms with Gasteiger partial charge in [0.05, 0.1) is 0 Å². The highest BCUT2D eigenvalue weighted by atomic mass is 79.9. The molecule has 1 heterocycles. The van der Waals surface area contributed by atoms with E-state index in [0.29, 0.717) is 12.5 Å². The molecule has 0 aliphatic carbocycles. The monoisotopic (exact) mass is 294 g/mol. The summed E-state index contributed by atoms with van der Waals surface area (Å²) in [6.07, 6.45) is 3.20. The highest BCUT2D eigenvalue weighted by molar-refractivity contribution is 9.10. The van der Waals surface area contributed by atoms with Gasteiger partial charge >= 0.3 is 0 Å². The third-order valence-electron chi connectivity index (χ3n) is 2.90. The molecule has 0 unspecified atom stereocenters. The highest BCUT2D eigenvalue weighted by Crippen LogP contribution is 2.26. The van der Waals surface area contributed by atoms with Crippen LogP contribution in [-0.4, -0.2) is 11.1 Å². The van der Waals surface area contributed by atoms with E-state index in [-0.39, 0.29) is 0 Å². The van der Waals surface area contributed by atoms with Gasteiger partial charge in [0, 0.05) is 28.1 Å². The minimum Gasteiger partial charge on any atom is -0.347 e. The van der Waals surface area contributed by atoms with Crippen molar-refractivity contribution >= 4 is 26.8 Å². The SMILES string of the molecule is CC(C)Cn1cc(CCN)c2ccc(Br)cc21. The van der Waals surface area contributed by atoms with E-state index in [9.17, 15) is 0 Å². The molecule has 2 N–H and O–H groups in total. The maximum absolute atomic E-state index is 5.67. The Morgan fingerprint density at radius 1 is 1.35 bits per heavy atom. The lowest BCUT2D eigenvalue weighted by molar-refractivity contribution is 0.534. The Morgan fingerprint density at radius 2 is 2.12 bits per heavy atom. The lowest BCUT2D eigenvalue weighted by Crippen LogP contribution is -2.03. The van der Waals surface area contributed by atoms with Gasteiger partial charge < -0.3 is 10.3 Å².